The van der Waals surface area contributed by atoms with Crippen LogP contribution in [0.4, 0.5) is 0 Å². The molecule has 1 unspecified atom stereocenters. The number of ether oxygens (including phenoxy) is 1. The topological polar surface area (TPSA) is 45.4 Å². The molecule has 0 spiro atoms. The Hall–Kier alpha value is -1.04. The van der Waals surface area contributed by atoms with Gasteiger partial charge in [-0.3, -0.25) is 0 Å². The first kappa shape index (κ1) is 7.96. The van der Waals surface area contributed by atoms with E-state index in [0.29, 0.717) is 5.90 Å². The average molecular weight is 126 g/mol. The highest BCUT2D eigenvalue weighted by Gasteiger charge is 1.93. The maximum Gasteiger partial charge on any atom is 0.180 e. The predicted octanol–water partition coefficient (Wildman–Crippen LogP) is 0.963. The predicted molar refractivity (Wildman–Crippen MR) is 35.2 cm³/mol. The molecule has 3 heteroatoms. The van der Waals surface area contributed by atoms with Gasteiger partial charge in [0.2, 0.25) is 0 Å². The van der Waals surface area contributed by atoms with Gasteiger partial charge in [0.1, 0.15) is 6.04 Å². The van der Waals surface area contributed by atoms with Crippen LogP contribution in [0.3, 0.4) is 0 Å². The SMILES string of the molecule is COC(C)=NC(C)C#N. The van der Waals surface area contributed by atoms with Gasteiger partial charge >= 0.3 is 0 Å². The summed E-state index contributed by atoms with van der Waals surface area (Å²) in [6.07, 6.45) is 0. The van der Waals surface area contributed by atoms with Crippen LogP contribution in [0.5, 0.6) is 0 Å². The van der Waals surface area contributed by atoms with Gasteiger partial charge < -0.3 is 4.74 Å². The standard InChI is InChI=1S/C6H10N2O/c1-5(4-7)8-6(2)9-3/h5H,1-3H3. The molecule has 0 aromatic rings. The molecule has 3 nitrogen and oxygen atoms in total. The molecule has 1 atom stereocenters. The number of hydrogen-bond acceptors (Lipinski definition) is 3. The Morgan fingerprint density at radius 2 is 2.33 bits per heavy atom. The van der Waals surface area contributed by atoms with Gasteiger partial charge in [-0.15, -0.1) is 0 Å². The second-order valence-electron chi connectivity index (χ2n) is 1.66. The lowest BCUT2D eigenvalue weighted by atomic mass is 10.4. The molecule has 0 aromatic carbocycles. The van der Waals surface area contributed by atoms with Crippen molar-refractivity contribution in [1.82, 2.24) is 0 Å². The molecule has 0 saturated heterocycles. The van der Waals surface area contributed by atoms with Crippen molar-refractivity contribution in [3.05, 3.63) is 0 Å². The molecule has 0 bridgehead atoms. The van der Waals surface area contributed by atoms with E-state index in [1.807, 2.05) is 6.07 Å². The Balaban J connectivity index is 3.83. The fraction of sp³-hybridized carbons (Fsp3) is 0.667. The highest BCUT2D eigenvalue weighted by atomic mass is 16.5. The van der Waals surface area contributed by atoms with Crippen molar-refractivity contribution in [2.75, 3.05) is 7.11 Å². The molecule has 0 aliphatic carbocycles. The summed E-state index contributed by atoms with van der Waals surface area (Å²) in [4.78, 5) is 3.85. The van der Waals surface area contributed by atoms with Crippen LogP contribution in [-0.2, 0) is 4.74 Å². The van der Waals surface area contributed by atoms with Crippen molar-refractivity contribution in [3.63, 3.8) is 0 Å². The molecule has 0 aliphatic rings. The molecule has 0 rings (SSSR count). The van der Waals surface area contributed by atoms with E-state index in [4.69, 9.17) is 10.00 Å². The molecule has 0 saturated carbocycles. The average Bonchev–Trinajstić information content (AvgIpc) is 1.87. The quantitative estimate of drug-likeness (QED) is 0.388. The van der Waals surface area contributed by atoms with Gasteiger partial charge in [-0.1, -0.05) is 0 Å². The van der Waals surface area contributed by atoms with E-state index >= 15 is 0 Å². The third kappa shape index (κ3) is 3.53. The maximum absolute atomic E-state index is 8.27. The van der Waals surface area contributed by atoms with Crippen LogP contribution >= 0.6 is 0 Å². The van der Waals surface area contributed by atoms with Gasteiger partial charge in [0.15, 0.2) is 5.90 Å². The molecule has 0 N–H and O–H groups in total. The molecule has 0 aliphatic heterocycles. The first-order chi connectivity index (χ1) is 4.20. The number of hydrogen-bond donors (Lipinski definition) is 0. The van der Waals surface area contributed by atoms with E-state index in [1.165, 1.54) is 7.11 Å². The van der Waals surface area contributed by atoms with Crippen molar-refractivity contribution >= 4 is 5.90 Å². The van der Waals surface area contributed by atoms with Crippen LogP contribution in [0.1, 0.15) is 13.8 Å². The summed E-state index contributed by atoms with van der Waals surface area (Å²) in [6.45, 7) is 3.43. The Bertz CT molecular complexity index is 146. The lowest BCUT2D eigenvalue weighted by Gasteiger charge is -1.97. The van der Waals surface area contributed by atoms with E-state index < -0.39 is 0 Å². The smallest absolute Gasteiger partial charge is 0.180 e. The first-order valence-electron chi connectivity index (χ1n) is 2.68. The van der Waals surface area contributed by atoms with Crippen LogP contribution in [-0.4, -0.2) is 19.0 Å². The number of nitriles is 1. The van der Waals surface area contributed by atoms with E-state index in [0.717, 1.165) is 0 Å². The molecule has 0 radical (unpaired) electrons. The Kier molecular flexibility index (Phi) is 3.45. The van der Waals surface area contributed by atoms with Crippen molar-refractivity contribution in [2.24, 2.45) is 4.99 Å². The molecule has 50 valence electrons. The maximum atomic E-state index is 8.27. The largest absolute Gasteiger partial charge is 0.484 e. The summed E-state index contributed by atoms with van der Waals surface area (Å²) in [5.74, 6) is 0.545. The molecule has 9 heavy (non-hydrogen) atoms. The number of rotatable bonds is 1. The van der Waals surface area contributed by atoms with E-state index in [1.54, 1.807) is 13.8 Å². The number of methoxy groups -OCH3 is 1. The van der Waals surface area contributed by atoms with Crippen LogP contribution in [0, 0.1) is 11.3 Å². The lowest BCUT2D eigenvalue weighted by molar-refractivity contribution is 0.396. The van der Waals surface area contributed by atoms with Crippen molar-refractivity contribution in [3.8, 4) is 6.07 Å². The van der Waals surface area contributed by atoms with Gasteiger partial charge in [-0.25, -0.2) is 4.99 Å². The summed E-state index contributed by atoms with van der Waals surface area (Å²) < 4.78 is 4.72. The Morgan fingerprint density at radius 1 is 1.78 bits per heavy atom. The monoisotopic (exact) mass is 126 g/mol. The minimum Gasteiger partial charge on any atom is -0.484 e. The van der Waals surface area contributed by atoms with Crippen LogP contribution in [0.2, 0.25) is 0 Å². The van der Waals surface area contributed by atoms with Gasteiger partial charge in [0.05, 0.1) is 13.2 Å². The van der Waals surface area contributed by atoms with E-state index in [9.17, 15) is 0 Å². The zero-order chi connectivity index (χ0) is 7.28. The first-order valence-corrected chi connectivity index (χ1v) is 2.68. The number of nitrogens with zero attached hydrogens (tertiary/aromatic N) is 2. The summed E-state index contributed by atoms with van der Waals surface area (Å²) in [5, 5.41) is 8.27. The van der Waals surface area contributed by atoms with Crippen LogP contribution in [0.15, 0.2) is 4.99 Å². The fourth-order valence-corrected chi connectivity index (χ4v) is 0.354. The normalized spacial score (nSPS) is 14.2. The fourth-order valence-electron chi connectivity index (χ4n) is 0.354. The molecule has 0 heterocycles. The summed E-state index contributed by atoms with van der Waals surface area (Å²) >= 11 is 0. The van der Waals surface area contributed by atoms with Crippen LogP contribution < -0.4 is 0 Å². The van der Waals surface area contributed by atoms with Crippen molar-refractivity contribution in [1.29, 1.82) is 5.26 Å². The zero-order valence-electron chi connectivity index (χ0n) is 5.88. The minimum atomic E-state index is -0.301. The zero-order valence-corrected chi connectivity index (χ0v) is 5.88. The molecule has 0 fully saturated rings. The van der Waals surface area contributed by atoms with Gasteiger partial charge in [0.25, 0.3) is 0 Å². The molecule has 0 aromatic heterocycles. The summed E-state index contributed by atoms with van der Waals surface area (Å²) in [5.41, 5.74) is 0. The molecular formula is C6H10N2O. The van der Waals surface area contributed by atoms with Gasteiger partial charge in [-0.05, 0) is 6.92 Å². The Labute approximate surface area is 55.0 Å². The van der Waals surface area contributed by atoms with E-state index in [-0.39, 0.29) is 6.04 Å². The molecule has 0 amide bonds. The second kappa shape index (κ2) is 3.90. The Morgan fingerprint density at radius 3 is 2.67 bits per heavy atom. The lowest BCUT2D eigenvalue weighted by Crippen LogP contribution is -2.00. The summed E-state index contributed by atoms with van der Waals surface area (Å²) in [6, 6.07) is 1.66. The van der Waals surface area contributed by atoms with Crippen molar-refractivity contribution < 1.29 is 4.74 Å². The van der Waals surface area contributed by atoms with Gasteiger partial charge in [-0.2, -0.15) is 5.26 Å². The van der Waals surface area contributed by atoms with E-state index in [2.05, 4.69) is 4.99 Å². The molecular weight excluding hydrogens is 116 g/mol. The highest BCUT2D eigenvalue weighted by molar-refractivity contribution is 5.73. The minimum absolute atomic E-state index is 0.301. The third-order valence-corrected chi connectivity index (χ3v) is 0.858. The third-order valence-electron chi connectivity index (χ3n) is 0.858. The highest BCUT2D eigenvalue weighted by Crippen LogP contribution is 1.87. The van der Waals surface area contributed by atoms with Crippen LogP contribution in [0.25, 0.3) is 0 Å². The number of aliphatic imine (C=N–C) groups is 1. The summed E-state index contributed by atoms with van der Waals surface area (Å²) in [7, 11) is 1.53. The second-order valence-corrected chi connectivity index (χ2v) is 1.66. The van der Waals surface area contributed by atoms with Gasteiger partial charge in [0, 0.05) is 6.92 Å². The van der Waals surface area contributed by atoms with Crippen molar-refractivity contribution in [2.45, 2.75) is 19.9 Å².